The number of nitrogens with zero attached hydrogens (tertiary/aromatic N) is 2. The molecule has 2 aliphatic heterocycles. The van der Waals surface area contributed by atoms with E-state index in [9.17, 15) is 9.59 Å². The van der Waals surface area contributed by atoms with E-state index in [1.165, 1.54) is 11.8 Å². The maximum absolute atomic E-state index is 12.3. The lowest BCUT2D eigenvalue weighted by Gasteiger charge is -2.32. The van der Waals surface area contributed by atoms with Crippen molar-refractivity contribution in [1.29, 1.82) is 0 Å². The lowest BCUT2D eigenvalue weighted by atomic mass is 10.1. The summed E-state index contributed by atoms with van der Waals surface area (Å²) < 4.78 is 0. The van der Waals surface area contributed by atoms with Gasteiger partial charge < -0.3 is 15.5 Å². The fourth-order valence-electron chi connectivity index (χ4n) is 3.35. The minimum Gasteiger partial charge on any atom is -0.356 e. The number of anilines is 2. The van der Waals surface area contributed by atoms with Gasteiger partial charge in [0.2, 0.25) is 11.8 Å². The Hall–Kier alpha value is -2.54. The van der Waals surface area contributed by atoms with E-state index in [4.69, 9.17) is 0 Å². The molecule has 0 aliphatic carbocycles. The monoisotopic (exact) mass is 354 g/mol. The van der Waals surface area contributed by atoms with E-state index >= 15 is 0 Å². The molecule has 2 N–H and O–H groups in total. The van der Waals surface area contributed by atoms with E-state index in [1.54, 1.807) is 12.4 Å². The van der Waals surface area contributed by atoms with Gasteiger partial charge in [-0.25, -0.2) is 0 Å². The van der Waals surface area contributed by atoms with E-state index in [0.29, 0.717) is 18.7 Å². The molecule has 2 atom stereocenters. The normalized spacial score (nSPS) is 21.3. The van der Waals surface area contributed by atoms with Gasteiger partial charge in [-0.15, -0.1) is 11.8 Å². The quantitative estimate of drug-likeness (QED) is 0.820. The summed E-state index contributed by atoms with van der Waals surface area (Å²) in [4.78, 5) is 31.6. The van der Waals surface area contributed by atoms with Gasteiger partial charge in [-0.1, -0.05) is 12.1 Å². The van der Waals surface area contributed by atoms with Crippen molar-refractivity contribution in [3.8, 4) is 0 Å². The van der Waals surface area contributed by atoms with Crippen LogP contribution in [0.25, 0.3) is 0 Å². The molecule has 25 heavy (non-hydrogen) atoms. The average Bonchev–Trinajstić information content (AvgIpc) is 3.05. The first-order chi connectivity index (χ1) is 12.2. The number of rotatable bonds is 4. The first-order valence-corrected chi connectivity index (χ1v) is 9.18. The lowest BCUT2D eigenvalue weighted by Crippen LogP contribution is -2.44. The van der Waals surface area contributed by atoms with E-state index < -0.39 is 0 Å². The predicted octanol–water partition coefficient (Wildman–Crippen LogP) is 1.89. The zero-order chi connectivity index (χ0) is 17.2. The number of fused-ring (bicyclic) bond motifs is 3. The van der Waals surface area contributed by atoms with E-state index in [0.717, 1.165) is 16.3 Å². The predicted molar refractivity (Wildman–Crippen MR) is 97.7 cm³/mol. The Bertz CT molecular complexity index is 799. The molecule has 3 heterocycles. The topological polar surface area (TPSA) is 74.3 Å². The third kappa shape index (κ3) is 3.32. The van der Waals surface area contributed by atoms with Gasteiger partial charge in [-0.3, -0.25) is 14.6 Å². The average molecular weight is 354 g/mol. The van der Waals surface area contributed by atoms with Gasteiger partial charge in [-0.05, 0) is 30.7 Å². The number of nitrogens with one attached hydrogen (secondary N) is 2. The molecule has 4 rings (SSSR count). The number of carbonyl (C=O) groups excluding carboxylic acids is 2. The Balaban J connectivity index is 1.38. The number of hydrogen-bond donors (Lipinski definition) is 2. The highest BCUT2D eigenvalue weighted by molar-refractivity contribution is 8.00. The van der Waals surface area contributed by atoms with Crippen molar-refractivity contribution in [3.05, 3.63) is 48.8 Å². The van der Waals surface area contributed by atoms with E-state index in [1.807, 2.05) is 36.4 Å². The molecule has 1 fully saturated rings. The van der Waals surface area contributed by atoms with Crippen LogP contribution < -0.4 is 15.5 Å². The van der Waals surface area contributed by atoms with Gasteiger partial charge in [0.05, 0.1) is 17.1 Å². The Morgan fingerprint density at radius 2 is 2.08 bits per heavy atom. The summed E-state index contributed by atoms with van der Waals surface area (Å²) in [7, 11) is 0. The molecule has 7 heteroatoms. The fourth-order valence-corrected chi connectivity index (χ4v) is 4.05. The van der Waals surface area contributed by atoms with E-state index in [-0.39, 0.29) is 23.9 Å². The number of thioether (sulfide) groups is 1. The van der Waals surface area contributed by atoms with Crippen LogP contribution in [0.3, 0.4) is 0 Å². The van der Waals surface area contributed by atoms with Gasteiger partial charge in [0, 0.05) is 29.9 Å². The molecular formula is C18H18N4O2S. The van der Waals surface area contributed by atoms with Crippen molar-refractivity contribution in [3.63, 3.8) is 0 Å². The molecule has 2 amide bonds. The van der Waals surface area contributed by atoms with Crippen molar-refractivity contribution in [2.24, 2.45) is 0 Å². The van der Waals surface area contributed by atoms with Crippen LogP contribution in [-0.4, -0.2) is 41.2 Å². The SMILES string of the molecule is O=C(CSc1ccncc1)NC1CC2C(=O)Nc3ccccc3N2C1. The Kier molecular flexibility index (Phi) is 4.31. The smallest absolute Gasteiger partial charge is 0.247 e. The minimum absolute atomic E-state index is 0.00149. The number of para-hydroxylation sites is 2. The molecule has 1 aromatic heterocycles. The standard InChI is InChI=1S/C18H18N4O2S/c23-17(11-25-13-5-7-19-8-6-13)20-12-9-16-18(24)21-14-3-1-2-4-15(14)22(16)10-12/h1-8,12,16H,9-11H2,(H,20,23)(H,21,24). The number of pyridine rings is 1. The van der Waals surface area contributed by atoms with Crippen molar-refractivity contribution in [2.45, 2.75) is 23.4 Å². The summed E-state index contributed by atoms with van der Waals surface area (Å²) in [6, 6.07) is 11.3. The first-order valence-electron chi connectivity index (χ1n) is 8.19. The second-order valence-electron chi connectivity index (χ2n) is 6.15. The van der Waals surface area contributed by atoms with Gasteiger partial charge in [-0.2, -0.15) is 0 Å². The van der Waals surface area contributed by atoms with Gasteiger partial charge in [0.25, 0.3) is 0 Å². The zero-order valence-electron chi connectivity index (χ0n) is 13.5. The van der Waals surface area contributed by atoms with Crippen LogP contribution in [0.15, 0.2) is 53.7 Å². The Morgan fingerprint density at radius 3 is 2.92 bits per heavy atom. The zero-order valence-corrected chi connectivity index (χ0v) is 14.3. The fraction of sp³-hybridized carbons (Fsp3) is 0.278. The van der Waals surface area contributed by atoms with Crippen LogP contribution in [0.4, 0.5) is 11.4 Å². The minimum atomic E-state index is -0.215. The molecule has 0 bridgehead atoms. The maximum atomic E-state index is 12.3. The summed E-state index contributed by atoms with van der Waals surface area (Å²) in [6.45, 7) is 0.654. The Labute approximate surface area is 150 Å². The number of aromatic nitrogens is 1. The summed E-state index contributed by atoms with van der Waals surface area (Å²) in [5.41, 5.74) is 1.86. The maximum Gasteiger partial charge on any atom is 0.247 e. The highest BCUT2D eigenvalue weighted by Gasteiger charge is 2.41. The Morgan fingerprint density at radius 1 is 1.28 bits per heavy atom. The molecule has 1 saturated heterocycles. The van der Waals surface area contributed by atoms with Gasteiger partial charge >= 0.3 is 0 Å². The first kappa shape index (κ1) is 16.0. The number of amides is 2. The van der Waals surface area contributed by atoms with E-state index in [2.05, 4.69) is 20.5 Å². The van der Waals surface area contributed by atoms with Crippen LogP contribution in [0.2, 0.25) is 0 Å². The van der Waals surface area contributed by atoms with Crippen molar-refractivity contribution in [2.75, 3.05) is 22.5 Å². The third-order valence-corrected chi connectivity index (χ3v) is 5.47. The van der Waals surface area contributed by atoms with Crippen LogP contribution in [0.5, 0.6) is 0 Å². The van der Waals surface area contributed by atoms with Crippen LogP contribution in [0.1, 0.15) is 6.42 Å². The molecule has 0 saturated carbocycles. The summed E-state index contributed by atoms with van der Waals surface area (Å²) in [6.07, 6.45) is 4.06. The van der Waals surface area contributed by atoms with Crippen molar-refractivity contribution >= 4 is 35.0 Å². The molecule has 128 valence electrons. The van der Waals surface area contributed by atoms with Gasteiger partial charge in [0.15, 0.2) is 0 Å². The van der Waals surface area contributed by atoms with Gasteiger partial charge in [0.1, 0.15) is 6.04 Å². The van der Waals surface area contributed by atoms with Crippen LogP contribution in [-0.2, 0) is 9.59 Å². The van der Waals surface area contributed by atoms with Crippen molar-refractivity contribution < 1.29 is 9.59 Å². The second-order valence-corrected chi connectivity index (χ2v) is 7.20. The van der Waals surface area contributed by atoms with Crippen molar-refractivity contribution in [1.82, 2.24) is 10.3 Å². The van der Waals surface area contributed by atoms with Crippen LogP contribution >= 0.6 is 11.8 Å². The number of benzene rings is 1. The molecule has 2 unspecified atom stereocenters. The molecule has 6 nitrogen and oxygen atoms in total. The second kappa shape index (κ2) is 6.76. The molecule has 1 aromatic carbocycles. The lowest BCUT2D eigenvalue weighted by molar-refractivity contribution is -0.120. The van der Waals surface area contributed by atoms with Crippen LogP contribution in [0, 0.1) is 0 Å². The summed E-state index contributed by atoms with van der Waals surface area (Å²) in [5, 5.41) is 6.01. The molecule has 2 aliphatic rings. The summed E-state index contributed by atoms with van der Waals surface area (Å²) in [5.74, 6) is 0.343. The highest BCUT2D eigenvalue weighted by Crippen LogP contribution is 2.36. The molecular weight excluding hydrogens is 336 g/mol. The summed E-state index contributed by atoms with van der Waals surface area (Å²) >= 11 is 1.48. The highest BCUT2D eigenvalue weighted by atomic mass is 32.2. The molecule has 2 aromatic rings. The molecule has 0 radical (unpaired) electrons. The third-order valence-electron chi connectivity index (χ3n) is 4.46. The number of hydrogen-bond acceptors (Lipinski definition) is 5. The number of carbonyl (C=O) groups is 2. The molecule has 0 spiro atoms. The largest absolute Gasteiger partial charge is 0.356 e.